The lowest BCUT2D eigenvalue weighted by atomic mass is 10.1. The highest BCUT2D eigenvalue weighted by Gasteiger charge is 2.18. The molecule has 0 radical (unpaired) electrons. The summed E-state index contributed by atoms with van der Waals surface area (Å²) in [6.45, 7) is 1.02. The van der Waals surface area contributed by atoms with E-state index in [2.05, 4.69) is 15.5 Å². The topological polar surface area (TPSA) is 117 Å². The molecule has 0 unspecified atom stereocenters. The van der Waals surface area contributed by atoms with Gasteiger partial charge >= 0.3 is 11.6 Å². The van der Waals surface area contributed by atoms with Gasteiger partial charge in [0, 0.05) is 5.39 Å². The van der Waals surface area contributed by atoms with Gasteiger partial charge in [-0.2, -0.15) is 0 Å². The Morgan fingerprint density at radius 1 is 0.967 bits per heavy atom. The van der Waals surface area contributed by atoms with Crippen LogP contribution in [0.4, 0.5) is 6.01 Å². The van der Waals surface area contributed by atoms with E-state index in [1.807, 2.05) is 18.2 Å². The third-order valence-electron chi connectivity index (χ3n) is 4.54. The van der Waals surface area contributed by atoms with Crippen molar-refractivity contribution in [1.29, 1.82) is 0 Å². The van der Waals surface area contributed by atoms with Gasteiger partial charge in [0.25, 0.3) is 5.91 Å². The Labute approximate surface area is 169 Å². The van der Waals surface area contributed by atoms with Crippen LogP contribution in [0.15, 0.2) is 62.2 Å². The predicted molar refractivity (Wildman–Crippen MR) is 105 cm³/mol. The number of benzene rings is 2. The molecule has 9 heteroatoms. The fourth-order valence-electron chi connectivity index (χ4n) is 3.13. The van der Waals surface area contributed by atoms with Crippen LogP contribution in [0.1, 0.15) is 21.8 Å². The maximum Gasteiger partial charge on any atom is 0.349 e. The van der Waals surface area contributed by atoms with E-state index in [-0.39, 0.29) is 11.6 Å². The number of anilines is 1. The van der Waals surface area contributed by atoms with Gasteiger partial charge in [-0.25, -0.2) is 4.79 Å². The molecule has 4 aromatic rings. The van der Waals surface area contributed by atoms with E-state index < -0.39 is 11.5 Å². The first-order valence-corrected chi connectivity index (χ1v) is 9.21. The average Bonchev–Trinajstić information content (AvgIpc) is 3.19. The molecule has 0 aliphatic carbocycles. The van der Waals surface area contributed by atoms with Crippen LogP contribution in [-0.2, 0) is 6.42 Å². The summed E-state index contributed by atoms with van der Waals surface area (Å²) >= 11 is 0. The number of rotatable bonds is 4. The predicted octanol–water partition coefficient (Wildman–Crippen LogP) is 2.79. The lowest BCUT2D eigenvalue weighted by Gasteiger charge is -2.18. The quantitative estimate of drug-likeness (QED) is 0.515. The highest BCUT2D eigenvalue weighted by atomic mass is 16.6. The fourth-order valence-corrected chi connectivity index (χ4v) is 3.13. The number of hydrogen-bond donors (Lipinski definition) is 1. The molecule has 1 amide bonds. The first-order valence-electron chi connectivity index (χ1n) is 9.21. The van der Waals surface area contributed by atoms with Gasteiger partial charge in [0.15, 0.2) is 11.5 Å². The Hall–Kier alpha value is -4.14. The summed E-state index contributed by atoms with van der Waals surface area (Å²) < 4.78 is 21.7. The summed E-state index contributed by atoms with van der Waals surface area (Å²) in [6.07, 6.45) is 0.345. The minimum absolute atomic E-state index is 0.111. The van der Waals surface area contributed by atoms with Crippen molar-refractivity contribution in [3.8, 4) is 11.5 Å². The Morgan fingerprint density at radius 3 is 2.70 bits per heavy atom. The van der Waals surface area contributed by atoms with Crippen LogP contribution in [0.25, 0.3) is 11.0 Å². The molecule has 0 atom stereocenters. The molecule has 1 aliphatic heterocycles. The largest absolute Gasteiger partial charge is 0.486 e. The number of para-hydroxylation sites is 1. The van der Waals surface area contributed by atoms with E-state index in [1.165, 1.54) is 6.07 Å². The Balaban J connectivity index is 1.32. The standard InChI is InChI=1S/C21H15N3O6/c25-19(14-11-13-3-1-2-4-15(13)29-20(14)26)22-21-24-23-18(30-21)10-12-5-6-16-17(9-12)28-8-7-27-16/h1-6,9,11H,7-8,10H2,(H,22,24,25). The van der Waals surface area contributed by atoms with Crippen LogP contribution in [0.2, 0.25) is 0 Å². The number of carbonyl (C=O) groups excluding carboxylic acids is 1. The Kier molecular flexibility index (Phi) is 4.40. The first-order chi connectivity index (χ1) is 14.7. The number of amides is 1. The van der Waals surface area contributed by atoms with Gasteiger partial charge in [-0.3, -0.25) is 10.1 Å². The van der Waals surface area contributed by atoms with Crippen LogP contribution in [0.5, 0.6) is 11.5 Å². The average molecular weight is 405 g/mol. The molecule has 3 heterocycles. The van der Waals surface area contributed by atoms with E-state index in [9.17, 15) is 9.59 Å². The van der Waals surface area contributed by atoms with Gasteiger partial charge in [-0.15, -0.1) is 5.10 Å². The van der Waals surface area contributed by atoms with Crippen molar-refractivity contribution in [1.82, 2.24) is 10.2 Å². The van der Waals surface area contributed by atoms with Crippen molar-refractivity contribution in [3.63, 3.8) is 0 Å². The van der Waals surface area contributed by atoms with Crippen molar-refractivity contribution in [2.24, 2.45) is 0 Å². The summed E-state index contributed by atoms with van der Waals surface area (Å²) in [6, 6.07) is 13.8. The van der Waals surface area contributed by atoms with E-state index >= 15 is 0 Å². The van der Waals surface area contributed by atoms with E-state index in [4.69, 9.17) is 18.3 Å². The maximum absolute atomic E-state index is 12.5. The van der Waals surface area contributed by atoms with Crippen molar-refractivity contribution in [3.05, 3.63) is 76.0 Å². The molecule has 0 bridgehead atoms. The van der Waals surface area contributed by atoms with Gasteiger partial charge in [0.2, 0.25) is 5.89 Å². The fraction of sp³-hybridized carbons (Fsp3) is 0.143. The minimum atomic E-state index is -0.748. The highest BCUT2D eigenvalue weighted by Crippen LogP contribution is 2.31. The second-order valence-corrected chi connectivity index (χ2v) is 6.60. The summed E-state index contributed by atoms with van der Waals surface area (Å²) in [7, 11) is 0. The molecule has 30 heavy (non-hydrogen) atoms. The maximum atomic E-state index is 12.5. The summed E-state index contributed by atoms with van der Waals surface area (Å²) in [5.41, 5.74) is 0.386. The molecule has 1 aliphatic rings. The monoisotopic (exact) mass is 405 g/mol. The van der Waals surface area contributed by atoms with E-state index in [0.717, 1.165) is 5.56 Å². The number of hydrogen-bond acceptors (Lipinski definition) is 8. The molecular weight excluding hydrogens is 390 g/mol. The zero-order valence-electron chi connectivity index (χ0n) is 15.6. The molecule has 9 nitrogen and oxygen atoms in total. The van der Waals surface area contributed by atoms with Crippen molar-refractivity contribution >= 4 is 22.9 Å². The molecule has 2 aromatic carbocycles. The smallest absolute Gasteiger partial charge is 0.349 e. The zero-order chi connectivity index (χ0) is 20.5. The number of aromatic nitrogens is 2. The van der Waals surface area contributed by atoms with Gasteiger partial charge in [0.05, 0.1) is 6.42 Å². The lowest BCUT2D eigenvalue weighted by molar-refractivity contribution is 0.102. The number of fused-ring (bicyclic) bond motifs is 2. The Morgan fingerprint density at radius 2 is 1.80 bits per heavy atom. The van der Waals surface area contributed by atoms with Gasteiger partial charge < -0.3 is 18.3 Å². The highest BCUT2D eigenvalue weighted by molar-refractivity contribution is 6.04. The third-order valence-corrected chi connectivity index (χ3v) is 4.54. The molecule has 5 rings (SSSR count). The minimum Gasteiger partial charge on any atom is -0.486 e. The van der Waals surface area contributed by atoms with Crippen molar-refractivity contribution in [2.75, 3.05) is 18.5 Å². The Bertz CT molecular complexity index is 1310. The molecule has 0 saturated carbocycles. The van der Waals surface area contributed by atoms with Gasteiger partial charge in [-0.1, -0.05) is 29.4 Å². The summed E-state index contributed by atoms with van der Waals surface area (Å²) in [5, 5.41) is 10.8. The molecule has 0 saturated heterocycles. The molecule has 0 spiro atoms. The second kappa shape index (κ2) is 7.36. The second-order valence-electron chi connectivity index (χ2n) is 6.60. The normalized spacial score (nSPS) is 12.7. The molecule has 0 fully saturated rings. The van der Waals surface area contributed by atoms with E-state index in [1.54, 1.807) is 24.3 Å². The number of ether oxygens (including phenoxy) is 2. The number of nitrogens with one attached hydrogen (secondary N) is 1. The molecule has 150 valence electrons. The zero-order valence-corrected chi connectivity index (χ0v) is 15.6. The number of nitrogens with zero attached hydrogens (tertiary/aromatic N) is 2. The number of carbonyl (C=O) groups is 1. The van der Waals surface area contributed by atoms with Crippen LogP contribution in [-0.4, -0.2) is 29.3 Å². The molecular formula is C21H15N3O6. The SMILES string of the molecule is O=C(Nc1nnc(Cc2ccc3c(c2)OCCO3)o1)c1cc2ccccc2oc1=O. The molecule has 2 aromatic heterocycles. The summed E-state index contributed by atoms with van der Waals surface area (Å²) in [5.74, 6) is 0.962. The first kappa shape index (κ1) is 17.9. The van der Waals surface area contributed by atoms with Crippen LogP contribution >= 0.6 is 0 Å². The van der Waals surface area contributed by atoms with E-state index in [0.29, 0.717) is 48.0 Å². The van der Waals surface area contributed by atoms with Crippen LogP contribution < -0.4 is 20.4 Å². The third kappa shape index (κ3) is 3.48. The van der Waals surface area contributed by atoms with Crippen LogP contribution in [0.3, 0.4) is 0 Å². The molecule has 1 N–H and O–H groups in total. The van der Waals surface area contributed by atoms with Crippen molar-refractivity contribution in [2.45, 2.75) is 6.42 Å². The van der Waals surface area contributed by atoms with Crippen molar-refractivity contribution < 1.29 is 23.1 Å². The van der Waals surface area contributed by atoms with Crippen LogP contribution in [0, 0.1) is 0 Å². The van der Waals surface area contributed by atoms with Gasteiger partial charge in [0.1, 0.15) is 24.4 Å². The lowest BCUT2D eigenvalue weighted by Crippen LogP contribution is -2.20. The summed E-state index contributed by atoms with van der Waals surface area (Å²) in [4.78, 5) is 24.6. The van der Waals surface area contributed by atoms with Gasteiger partial charge in [-0.05, 0) is 29.8 Å².